The zero-order valence-corrected chi connectivity index (χ0v) is 18.8. The Kier molecular flexibility index (Phi) is 9.97. The van der Waals surface area contributed by atoms with E-state index < -0.39 is 0 Å². The number of nitrogens with two attached hydrogens (primary N) is 1. The number of rotatable bonds is 7. The SMILES string of the molecule is I.NC(=NCC(c1ccc(Cl)cc1)N1CCOCC1)NCCc1ccccn1. The Bertz CT molecular complexity index is 723. The van der Waals surface area contributed by atoms with Gasteiger partial charge in [-0.3, -0.25) is 14.9 Å². The molecule has 0 aliphatic carbocycles. The van der Waals surface area contributed by atoms with Gasteiger partial charge in [-0.05, 0) is 29.8 Å². The molecule has 1 saturated heterocycles. The van der Waals surface area contributed by atoms with E-state index in [0.717, 1.165) is 43.4 Å². The van der Waals surface area contributed by atoms with Crippen LogP contribution in [-0.4, -0.2) is 55.2 Å². The summed E-state index contributed by atoms with van der Waals surface area (Å²) in [4.78, 5) is 11.3. The van der Waals surface area contributed by atoms with Crippen LogP contribution in [0.5, 0.6) is 0 Å². The van der Waals surface area contributed by atoms with Crippen molar-refractivity contribution in [3.8, 4) is 0 Å². The molecule has 152 valence electrons. The van der Waals surface area contributed by atoms with Crippen molar-refractivity contribution in [2.24, 2.45) is 10.7 Å². The quantitative estimate of drug-likeness (QED) is 0.337. The van der Waals surface area contributed by atoms with Crippen LogP contribution in [-0.2, 0) is 11.2 Å². The number of hydrogen-bond acceptors (Lipinski definition) is 4. The smallest absolute Gasteiger partial charge is 0.188 e. The Morgan fingerprint density at radius 3 is 2.64 bits per heavy atom. The molecule has 0 bridgehead atoms. The van der Waals surface area contributed by atoms with Gasteiger partial charge < -0.3 is 15.8 Å². The first-order valence-corrected chi connectivity index (χ1v) is 9.61. The standard InChI is InChI=1S/C20H26ClN5O.HI/c21-17-6-4-16(5-7-17)19(26-11-13-27-14-12-26)15-25-20(22)24-10-8-18-3-1-2-9-23-18;/h1-7,9,19H,8,10-15H2,(H3,22,24,25);1H. The van der Waals surface area contributed by atoms with Gasteiger partial charge in [0.15, 0.2) is 5.96 Å². The van der Waals surface area contributed by atoms with Crippen LogP contribution in [0, 0.1) is 0 Å². The van der Waals surface area contributed by atoms with Crippen LogP contribution >= 0.6 is 35.6 Å². The normalized spacial score (nSPS) is 16.2. The summed E-state index contributed by atoms with van der Waals surface area (Å²) in [6, 6.07) is 14.0. The van der Waals surface area contributed by atoms with Crippen LogP contribution in [0.25, 0.3) is 0 Å². The molecule has 0 amide bonds. The summed E-state index contributed by atoms with van der Waals surface area (Å²) < 4.78 is 5.48. The highest BCUT2D eigenvalue weighted by atomic mass is 127. The number of pyridine rings is 1. The van der Waals surface area contributed by atoms with Crippen molar-refractivity contribution in [3.63, 3.8) is 0 Å². The molecule has 1 unspecified atom stereocenters. The van der Waals surface area contributed by atoms with Crippen LogP contribution in [0.15, 0.2) is 53.7 Å². The van der Waals surface area contributed by atoms with Crippen molar-refractivity contribution in [2.45, 2.75) is 12.5 Å². The molecule has 1 aromatic heterocycles. The molecule has 0 radical (unpaired) electrons. The van der Waals surface area contributed by atoms with Crippen LogP contribution in [0.3, 0.4) is 0 Å². The van der Waals surface area contributed by atoms with Gasteiger partial charge in [-0.15, -0.1) is 24.0 Å². The molecule has 1 aliphatic rings. The third-order valence-corrected chi connectivity index (χ3v) is 4.84. The van der Waals surface area contributed by atoms with Crippen molar-refractivity contribution in [2.75, 3.05) is 39.4 Å². The maximum Gasteiger partial charge on any atom is 0.188 e. The highest BCUT2D eigenvalue weighted by Crippen LogP contribution is 2.23. The molecule has 1 fully saturated rings. The fourth-order valence-corrected chi connectivity index (χ4v) is 3.24. The molecule has 3 rings (SSSR count). The summed E-state index contributed by atoms with van der Waals surface area (Å²) >= 11 is 6.04. The van der Waals surface area contributed by atoms with Gasteiger partial charge in [0.05, 0.1) is 25.8 Å². The highest BCUT2D eigenvalue weighted by Gasteiger charge is 2.22. The molecule has 2 heterocycles. The molecule has 1 atom stereocenters. The lowest BCUT2D eigenvalue weighted by molar-refractivity contribution is 0.0180. The third-order valence-electron chi connectivity index (χ3n) is 4.59. The minimum absolute atomic E-state index is 0. The number of nitrogens with one attached hydrogen (secondary N) is 1. The monoisotopic (exact) mass is 515 g/mol. The lowest BCUT2D eigenvalue weighted by atomic mass is 10.0. The predicted molar refractivity (Wildman–Crippen MR) is 124 cm³/mol. The molecule has 0 spiro atoms. The summed E-state index contributed by atoms with van der Waals surface area (Å²) in [6.45, 7) is 4.54. The molecule has 28 heavy (non-hydrogen) atoms. The zero-order chi connectivity index (χ0) is 18.9. The Morgan fingerprint density at radius 2 is 1.96 bits per heavy atom. The average molecular weight is 516 g/mol. The van der Waals surface area contributed by atoms with Gasteiger partial charge >= 0.3 is 0 Å². The van der Waals surface area contributed by atoms with Crippen LogP contribution < -0.4 is 11.1 Å². The lowest BCUT2D eigenvalue weighted by Crippen LogP contribution is -2.41. The van der Waals surface area contributed by atoms with E-state index in [1.54, 1.807) is 6.20 Å². The van der Waals surface area contributed by atoms with Gasteiger partial charge in [0.25, 0.3) is 0 Å². The van der Waals surface area contributed by atoms with E-state index in [0.29, 0.717) is 19.0 Å². The number of nitrogens with zero attached hydrogens (tertiary/aromatic N) is 3. The number of halogens is 2. The average Bonchev–Trinajstić information content (AvgIpc) is 2.71. The number of morpholine rings is 1. The number of hydrogen-bond donors (Lipinski definition) is 2. The summed E-state index contributed by atoms with van der Waals surface area (Å²) in [5, 5.41) is 3.91. The second-order valence-electron chi connectivity index (χ2n) is 6.44. The Labute approximate surface area is 188 Å². The zero-order valence-electron chi connectivity index (χ0n) is 15.8. The van der Waals surface area contributed by atoms with Crippen LogP contribution in [0.4, 0.5) is 0 Å². The molecular formula is C20H27ClIN5O. The number of ether oxygens (including phenoxy) is 1. The van der Waals surface area contributed by atoms with Gasteiger partial charge in [-0.1, -0.05) is 29.8 Å². The number of benzene rings is 1. The van der Waals surface area contributed by atoms with E-state index in [2.05, 4.69) is 32.3 Å². The second-order valence-corrected chi connectivity index (χ2v) is 6.88. The molecule has 1 aromatic carbocycles. The molecule has 2 aromatic rings. The van der Waals surface area contributed by atoms with E-state index in [1.807, 2.05) is 30.3 Å². The van der Waals surface area contributed by atoms with Crippen molar-refractivity contribution >= 4 is 41.5 Å². The summed E-state index contributed by atoms with van der Waals surface area (Å²) in [6.07, 6.45) is 2.60. The van der Waals surface area contributed by atoms with Gasteiger partial charge in [-0.25, -0.2) is 0 Å². The Balaban J connectivity index is 0.00000280. The van der Waals surface area contributed by atoms with E-state index in [4.69, 9.17) is 22.1 Å². The molecule has 8 heteroatoms. The first-order valence-electron chi connectivity index (χ1n) is 9.23. The largest absolute Gasteiger partial charge is 0.379 e. The van der Waals surface area contributed by atoms with E-state index >= 15 is 0 Å². The topological polar surface area (TPSA) is 75.8 Å². The summed E-state index contributed by atoms with van der Waals surface area (Å²) in [5.41, 5.74) is 8.29. The minimum atomic E-state index is 0. The molecule has 6 nitrogen and oxygen atoms in total. The van der Waals surface area contributed by atoms with E-state index in [1.165, 1.54) is 5.56 Å². The summed E-state index contributed by atoms with van der Waals surface area (Å²) in [5.74, 6) is 0.457. The number of aliphatic imine (C=N–C) groups is 1. The van der Waals surface area contributed by atoms with Crippen molar-refractivity contribution in [3.05, 3.63) is 64.9 Å². The highest BCUT2D eigenvalue weighted by molar-refractivity contribution is 14.0. The molecule has 3 N–H and O–H groups in total. The Morgan fingerprint density at radius 1 is 1.21 bits per heavy atom. The van der Waals surface area contributed by atoms with Gasteiger partial charge in [0.2, 0.25) is 0 Å². The maximum absolute atomic E-state index is 6.07. The first kappa shape index (κ1) is 22.9. The molecule has 1 aliphatic heterocycles. The van der Waals surface area contributed by atoms with Crippen molar-refractivity contribution in [1.82, 2.24) is 15.2 Å². The lowest BCUT2D eigenvalue weighted by Gasteiger charge is -2.34. The van der Waals surface area contributed by atoms with Crippen LogP contribution in [0.1, 0.15) is 17.3 Å². The second kappa shape index (κ2) is 12.2. The van der Waals surface area contributed by atoms with E-state index in [-0.39, 0.29) is 30.0 Å². The predicted octanol–water partition coefficient (Wildman–Crippen LogP) is 2.87. The number of aromatic nitrogens is 1. The number of guanidine groups is 1. The molecule has 0 saturated carbocycles. The third kappa shape index (κ3) is 7.20. The van der Waals surface area contributed by atoms with Gasteiger partial charge in [-0.2, -0.15) is 0 Å². The fourth-order valence-electron chi connectivity index (χ4n) is 3.11. The van der Waals surface area contributed by atoms with Crippen LogP contribution in [0.2, 0.25) is 5.02 Å². The van der Waals surface area contributed by atoms with Crippen molar-refractivity contribution in [1.29, 1.82) is 0 Å². The van der Waals surface area contributed by atoms with Gasteiger partial charge in [0.1, 0.15) is 0 Å². The minimum Gasteiger partial charge on any atom is -0.379 e. The summed E-state index contributed by atoms with van der Waals surface area (Å²) in [7, 11) is 0. The maximum atomic E-state index is 6.07. The first-order chi connectivity index (χ1) is 13.2. The Hall–Kier alpha value is -1.42. The fraction of sp³-hybridized carbons (Fsp3) is 0.400. The van der Waals surface area contributed by atoms with Crippen molar-refractivity contribution < 1.29 is 4.74 Å². The van der Waals surface area contributed by atoms with Gasteiger partial charge in [0, 0.05) is 43.0 Å². The van der Waals surface area contributed by atoms with E-state index in [9.17, 15) is 0 Å². The molecular weight excluding hydrogens is 489 g/mol.